The molecule has 0 saturated carbocycles. The van der Waals surface area contributed by atoms with Gasteiger partial charge in [0.1, 0.15) is 0 Å². The van der Waals surface area contributed by atoms with E-state index in [0.717, 1.165) is 41.9 Å². The van der Waals surface area contributed by atoms with Crippen molar-refractivity contribution in [3.05, 3.63) is 47.5 Å². The smallest absolute Gasteiger partial charge is 0.0805 e. The number of nitrogens with zero attached hydrogens (tertiary/aromatic N) is 2. The summed E-state index contributed by atoms with van der Waals surface area (Å²) in [5.74, 6) is 0. The van der Waals surface area contributed by atoms with Gasteiger partial charge in [0.2, 0.25) is 0 Å². The van der Waals surface area contributed by atoms with Crippen LogP contribution in [-0.4, -0.2) is 15.1 Å². The molecule has 22 heavy (non-hydrogen) atoms. The summed E-state index contributed by atoms with van der Waals surface area (Å²) >= 11 is 0. The Morgan fingerprint density at radius 3 is 2.32 bits per heavy atom. The van der Waals surface area contributed by atoms with Gasteiger partial charge >= 0.3 is 0 Å². The molecule has 0 saturated heterocycles. The van der Waals surface area contributed by atoms with Gasteiger partial charge in [-0.3, -0.25) is 9.97 Å². The van der Waals surface area contributed by atoms with Crippen molar-refractivity contribution in [2.24, 2.45) is 0 Å². The standard InChI is InChI=1S/C11H18N2O.C6H8N2/c1-3-4-5-11(14)9-6-10(12)8(2)13-7-9;1-5-6(7)3-2-4-8-5/h6-7,11,14H,3-5,12H2,1-2H3;2-4H,7H2,1H3. The molecule has 0 aliphatic heterocycles. The Morgan fingerprint density at radius 2 is 1.82 bits per heavy atom. The van der Waals surface area contributed by atoms with Gasteiger partial charge in [0.15, 0.2) is 0 Å². The van der Waals surface area contributed by atoms with Crippen molar-refractivity contribution in [2.75, 3.05) is 11.5 Å². The van der Waals surface area contributed by atoms with E-state index in [1.165, 1.54) is 0 Å². The highest BCUT2D eigenvalue weighted by Crippen LogP contribution is 2.21. The monoisotopic (exact) mass is 302 g/mol. The van der Waals surface area contributed by atoms with Gasteiger partial charge in [-0.25, -0.2) is 0 Å². The molecule has 2 aromatic heterocycles. The van der Waals surface area contributed by atoms with E-state index in [9.17, 15) is 5.11 Å². The van der Waals surface area contributed by atoms with Crippen LogP contribution in [0.4, 0.5) is 11.4 Å². The van der Waals surface area contributed by atoms with Gasteiger partial charge in [-0.05, 0) is 38.5 Å². The fraction of sp³-hybridized carbons (Fsp3) is 0.412. The second kappa shape index (κ2) is 9.00. The van der Waals surface area contributed by atoms with E-state index in [-0.39, 0.29) is 0 Å². The minimum absolute atomic E-state index is 0.426. The fourth-order valence-electron chi connectivity index (χ4n) is 1.81. The lowest BCUT2D eigenvalue weighted by atomic mass is 10.1. The molecule has 120 valence electrons. The largest absolute Gasteiger partial charge is 0.397 e. The molecule has 0 aliphatic rings. The van der Waals surface area contributed by atoms with Crippen LogP contribution in [0.15, 0.2) is 30.6 Å². The van der Waals surface area contributed by atoms with Gasteiger partial charge in [0.25, 0.3) is 0 Å². The Labute approximate surface area is 132 Å². The van der Waals surface area contributed by atoms with Crippen LogP contribution in [0, 0.1) is 13.8 Å². The van der Waals surface area contributed by atoms with Gasteiger partial charge in [0, 0.05) is 18.0 Å². The lowest BCUT2D eigenvalue weighted by Gasteiger charge is -2.11. The third kappa shape index (κ3) is 5.69. The molecule has 2 aromatic rings. The van der Waals surface area contributed by atoms with Crippen molar-refractivity contribution in [2.45, 2.75) is 46.1 Å². The molecule has 0 spiro atoms. The van der Waals surface area contributed by atoms with Crippen molar-refractivity contribution in [1.82, 2.24) is 9.97 Å². The Hall–Kier alpha value is -2.14. The topological polar surface area (TPSA) is 98.0 Å². The highest BCUT2D eigenvalue weighted by molar-refractivity contribution is 5.44. The Balaban J connectivity index is 0.000000255. The number of anilines is 2. The van der Waals surface area contributed by atoms with Crippen LogP contribution in [0.5, 0.6) is 0 Å². The minimum atomic E-state index is -0.426. The molecule has 1 unspecified atom stereocenters. The normalized spacial score (nSPS) is 11.5. The minimum Gasteiger partial charge on any atom is -0.397 e. The quantitative estimate of drug-likeness (QED) is 0.805. The third-order valence-electron chi connectivity index (χ3n) is 3.41. The molecule has 0 radical (unpaired) electrons. The average Bonchev–Trinajstić information content (AvgIpc) is 2.51. The van der Waals surface area contributed by atoms with E-state index in [1.54, 1.807) is 12.4 Å². The van der Waals surface area contributed by atoms with Crippen molar-refractivity contribution in [3.63, 3.8) is 0 Å². The first-order chi connectivity index (χ1) is 10.5. The first-order valence-electron chi connectivity index (χ1n) is 7.52. The number of aromatic nitrogens is 2. The third-order valence-corrected chi connectivity index (χ3v) is 3.41. The van der Waals surface area contributed by atoms with Crippen molar-refractivity contribution < 1.29 is 5.11 Å². The van der Waals surface area contributed by atoms with Crippen LogP contribution < -0.4 is 11.5 Å². The van der Waals surface area contributed by atoms with E-state index < -0.39 is 6.10 Å². The summed E-state index contributed by atoms with van der Waals surface area (Å²) in [4.78, 5) is 8.08. The summed E-state index contributed by atoms with van der Waals surface area (Å²) < 4.78 is 0. The summed E-state index contributed by atoms with van der Waals surface area (Å²) in [7, 11) is 0. The number of hydrogen-bond acceptors (Lipinski definition) is 5. The summed E-state index contributed by atoms with van der Waals surface area (Å²) in [6.07, 6.45) is 5.89. The van der Waals surface area contributed by atoms with Crippen LogP contribution >= 0.6 is 0 Å². The van der Waals surface area contributed by atoms with Gasteiger partial charge in [-0.1, -0.05) is 19.8 Å². The zero-order chi connectivity index (χ0) is 16.5. The number of rotatable bonds is 4. The maximum atomic E-state index is 9.77. The zero-order valence-electron chi connectivity index (χ0n) is 13.6. The summed E-state index contributed by atoms with van der Waals surface area (Å²) in [5.41, 5.74) is 15.1. The van der Waals surface area contributed by atoms with Crippen LogP contribution in [0.1, 0.15) is 49.2 Å². The molecular weight excluding hydrogens is 276 g/mol. The van der Waals surface area contributed by atoms with Crippen LogP contribution in [0.3, 0.4) is 0 Å². The highest BCUT2D eigenvalue weighted by atomic mass is 16.3. The number of hydrogen-bond donors (Lipinski definition) is 3. The van der Waals surface area contributed by atoms with E-state index in [0.29, 0.717) is 5.69 Å². The molecule has 5 nitrogen and oxygen atoms in total. The fourth-order valence-corrected chi connectivity index (χ4v) is 1.81. The Kier molecular flexibility index (Phi) is 7.32. The number of aryl methyl sites for hydroxylation is 2. The Bertz CT molecular complexity index is 566. The summed E-state index contributed by atoms with van der Waals surface area (Å²) in [6.45, 7) is 5.85. The molecule has 0 amide bonds. The number of pyridine rings is 2. The van der Waals surface area contributed by atoms with Gasteiger partial charge in [0.05, 0.1) is 28.9 Å². The van der Waals surface area contributed by atoms with Crippen molar-refractivity contribution in [3.8, 4) is 0 Å². The van der Waals surface area contributed by atoms with Crippen molar-refractivity contribution in [1.29, 1.82) is 0 Å². The zero-order valence-corrected chi connectivity index (χ0v) is 13.6. The lowest BCUT2D eigenvalue weighted by molar-refractivity contribution is 0.164. The maximum absolute atomic E-state index is 9.77. The van der Waals surface area contributed by atoms with Gasteiger partial charge < -0.3 is 16.6 Å². The first-order valence-corrected chi connectivity index (χ1v) is 7.52. The summed E-state index contributed by atoms with van der Waals surface area (Å²) in [6, 6.07) is 5.47. The van der Waals surface area contributed by atoms with E-state index in [2.05, 4.69) is 16.9 Å². The second-order valence-electron chi connectivity index (χ2n) is 5.28. The molecule has 2 rings (SSSR count). The summed E-state index contributed by atoms with van der Waals surface area (Å²) in [5, 5.41) is 9.77. The molecule has 0 fully saturated rings. The number of aliphatic hydroxyl groups excluding tert-OH is 1. The second-order valence-corrected chi connectivity index (χ2v) is 5.28. The van der Waals surface area contributed by atoms with Crippen LogP contribution in [-0.2, 0) is 0 Å². The molecular formula is C17H26N4O. The van der Waals surface area contributed by atoms with Crippen LogP contribution in [0.25, 0.3) is 0 Å². The van der Waals surface area contributed by atoms with Crippen molar-refractivity contribution >= 4 is 11.4 Å². The lowest BCUT2D eigenvalue weighted by Crippen LogP contribution is -2.01. The first kappa shape index (κ1) is 17.9. The number of nitrogen functional groups attached to an aromatic ring is 2. The molecule has 0 bridgehead atoms. The molecule has 1 atom stereocenters. The maximum Gasteiger partial charge on any atom is 0.0805 e. The predicted octanol–water partition coefficient (Wildman–Crippen LogP) is 3.17. The number of nitrogens with two attached hydrogens (primary N) is 2. The molecule has 2 heterocycles. The average molecular weight is 302 g/mol. The molecule has 0 aliphatic carbocycles. The number of aliphatic hydroxyl groups is 1. The van der Waals surface area contributed by atoms with Gasteiger partial charge in [-0.15, -0.1) is 0 Å². The number of unbranched alkanes of at least 4 members (excludes halogenated alkanes) is 1. The molecule has 5 heteroatoms. The predicted molar refractivity (Wildman–Crippen MR) is 91.3 cm³/mol. The van der Waals surface area contributed by atoms with E-state index in [1.807, 2.05) is 32.0 Å². The molecule has 0 aromatic carbocycles. The Morgan fingerprint density at radius 1 is 1.14 bits per heavy atom. The molecule has 5 N–H and O–H groups in total. The van der Waals surface area contributed by atoms with E-state index >= 15 is 0 Å². The highest BCUT2D eigenvalue weighted by Gasteiger charge is 2.08. The van der Waals surface area contributed by atoms with Crippen LogP contribution in [0.2, 0.25) is 0 Å². The van der Waals surface area contributed by atoms with Gasteiger partial charge in [-0.2, -0.15) is 0 Å². The SMILES string of the molecule is CCCCC(O)c1cnc(C)c(N)c1.Cc1ncccc1N. The van der Waals surface area contributed by atoms with E-state index in [4.69, 9.17) is 11.5 Å².